The summed E-state index contributed by atoms with van der Waals surface area (Å²) in [4.78, 5) is 11.9. The van der Waals surface area contributed by atoms with E-state index < -0.39 is 6.17 Å². The SMILES string of the molecule is Cn1c(-c2cccc(C(F)c3cc4c(c5c3sc3ccccc35)C(C)(C)c3ccccc3N4c3ccccn3)c2)nc2ccccc21. The number of pyridine rings is 1. The lowest BCUT2D eigenvalue weighted by molar-refractivity contribution is 0.405. The van der Waals surface area contributed by atoms with E-state index in [-0.39, 0.29) is 5.41 Å². The van der Waals surface area contributed by atoms with Crippen molar-refractivity contribution in [2.24, 2.45) is 7.05 Å². The second-order valence-electron chi connectivity index (χ2n) is 12.8. The largest absolute Gasteiger partial charge is 0.327 e. The van der Waals surface area contributed by atoms with Crippen molar-refractivity contribution >= 4 is 59.7 Å². The molecule has 1 unspecified atom stereocenters. The molecule has 9 rings (SSSR count). The molecule has 5 aromatic carbocycles. The fraction of sp³-hybridized carbons (Fsp3) is 0.122. The smallest absolute Gasteiger partial charge is 0.152 e. The Bertz CT molecular complexity index is 2490. The number of aromatic nitrogens is 3. The third kappa shape index (κ3) is 4.11. The average molecular weight is 631 g/mol. The molecule has 8 aromatic rings. The molecule has 4 nitrogen and oxygen atoms in total. The first-order chi connectivity index (χ1) is 22.9. The minimum absolute atomic E-state index is 0.343. The Kier molecular flexibility index (Phi) is 6.15. The zero-order chi connectivity index (χ0) is 31.9. The third-order valence-corrected chi connectivity index (χ3v) is 10.9. The molecule has 0 amide bonds. The maximum Gasteiger partial charge on any atom is 0.152 e. The number of fused-ring (bicyclic) bond motifs is 7. The predicted molar refractivity (Wildman–Crippen MR) is 193 cm³/mol. The summed E-state index contributed by atoms with van der Waals surface area (Å²) in [5.41, 5.74) is 8.22. The summed E-state index contributed by atoms with van der Waals surface area (Å²) in [6.07, 6.45) is 0.456. The number of imidazole rings is 1. The van der Waals surface area contributed by atoms with Crippen LogP contribution in [0.2, 0.25) is 0 Å². The quantitative estimate of drug-likeness (QED) is 0.194. The van der Waals surface area contributed by atoms with Crippen molar-refractivity contribution in [3.05, 3.63) is 150 Å². The molecule has 0 N–H and O–H groups in total. The molecule has 0 bridgehead atoms. The maximum atomic E-state index is 17.5. The number of alkyl halides is 1. The standard InChI is InChI=1S/C41H31FN4S/c1-41(2)29-16-5-7-18-31(29)46(35-21-10-11-22-43-35)33-24-28(39-36(37(33)41)27-15-4-9-20-34(27)47-39)38(42)25-13-12-14-26(23-25)40-44-30-17-6-8-19-32(30)45(40)3/h4-24,38H,1-3H3. The van der Waals surface area contributed by atoms with Crippen LogP contribution in [0, 0.1) is 0 Å². The number of hydrogen-bond acceptors (Lipinski definition) is 4. The van der Waals surface area contributed by atoms with E-state index in [2.05, 4.69) is 84.0 Å². The Labute approximate surface area is 276 Å². The topological polar surface area (TPSA) is 34.0 Å². The van der Waals surface area contributed by atoms with Crippen molar-refractivity contribution in [3.63, 3.8) is 0 Å². The molecule has 0 aliphatic carbocycles. The minimum Gasteiger partial charge on any atom is -0.327 e. The van der Waals surface area contributed by atoms with Crippen LogP contribution in [0.1, 0.15) is 42.3 Å². The van der Waals surface area contributed by atoms with Crippen LogP contribution >= 0.6 is 11.3 Å². The highest BCUT2D eigenvalue weighted by Crippen LogP contribution is 2.57. The van der Waals surface area contributed by atoms with Crippen molar-refractivity contribution in [1.82, 2.24) is 14.5 Å². The van der Waals surface area contributed by atoms with Gasteiger partial charge in [-0.15, -0.1) is 11.3 Å². The zero-order valence-corrected chi connectivity index (χ0v) is 27.1. The van der Waals surface area contributed by atoms with Crippen LogP contribution in [0.3, 0.4) is 0 Å². The van der Waals surface area contributed by atoms with Gasteiger partial charge in [-0.1, -0.05) is 86.6 Å². The Balaban J connectivity index is 1.31. The summed E-state index contributed by atoms with van der Waals surface area (Å²) in [6.45, 7) is 4.58. The number of halogens is 1. The molecule has 0 saturated heterocycles. The number of rotatable bonds is 4. The first-order valence-electron chi connectivity index (χ1n) is 15.9. The van der Waals surface area contributed by atoms with E-state index in [1.807, 2.05) is 73.9 Å². The van der Waals surface area contributed by atoms with Gasteiger partial charge in [-0.25, -0.2) is 14.4 Å². The highest BCUT2D eigenvalue weighted by atomic mass is 32.1. The molecular weight excluding hydrogens is 600 g/mol. The van der Waals surface area contributed by atoms with Crippen molar-refractivity contribution < 1.29 is 4.39 Å². The van der Waals surface area contributed by atoms with E-state index in [1.165, 1.54) is 11.1 Å². The average Bonchev–Trinajstić information content (AvgIpc) is 3.66. The van der Waals surface area contributed by atoms with E-state index in [1.54, 1.807) is 11.3 Å². The molecular formula is C41H31FN4S. The number of hydrogen-bond donors (Lipinski definition) is 0. The molecule has 6 heteroatoms. The Hall–Kier alpha value is -5.33. The molecule has 228 valence electrons. The monoisotopic (exact) mass is 630 g/mol. The lowest BCUT2D eigenvalue weighted by Crippen LogP contribution is -2.31. The van der Waals surface area contributed by atoms with Gasteiger partial charge in [0.25, 0.3) is 0 Å². The molecule has 1 aliphatic heterocycles. The molecule has 1 aliphatic rings. The van der Waals surface area contributed by atoms with Crippen LogP contribution in [0.15, 0.2) is 128 Å². The minimum atomic E-state index is -1.36. The molecule has 47 heavy (non-hydrogen) atoms. The van der Waals surface area contributed by atoms with E-state index >= 15 is 4.39 Å². The second-order valence-corrected chi connectivity index (χ2v) is 13.9. The first-order valence-corrected chi connectivity index (χ1v) is 16.7. The molecule has 4 heterocycles. The van der Waals surface area contributed by atoms with E-state index in [9.17, 15) is 0 Å². The molecule has 3 aromatic heterocycles. The van der Waals surface area contributed by atoms with Crippen molar-refractivity contribution in [1.29, 1.82) is 0 Å². The summed E-state index contributed by atoms with van der Waals surface area (Å²) in [5.74, 6) is 1.62. The van der Waals surface area contributed by atoms with E-state index in [0.717, 1.165) is 59.8 Å². The summed E-state index contributed by atoms with van der Waals surface area (Å²) in [7, 11) is 2.01. The van der Waals surface area contributed by atoms with Gasteiger partial charge < -0.3 is 4.57 Å². The van der Waals surface area contributed by atoms with Crippen LogP contribution in [0.25, 0.3) is 42.6 Å². The lowest BCUT2D eigenvalue weighted by atomic mass is 9.71. The summed E-state index contributed by atoms with van der Waals surface area (Å²) >= 11 is 1.68. The number of aryl methyl sites for hydroxylation is 1. The maximum absolute atomic E-state index is 17.5. The lowest BCUT2D eigenvalue weighted by Gasteiger charge is -2.42. The number of thiophene rings is 1. The van der Waals surface area contributed by atoms with Crippen molar-refractivity contribution in [3.8, 4) is 11.4 Å². The van der Waals surface area contributed by atoms with Crippen molar-refractivity contribution in [2.45, 2.75) is 25.4 Å². The molecule has 1 atom stereocenters. The Morgan fingerprint density at radius 3 is 2.43 bits per heavy atom. The van der Waals surface area contributed by atoms with Gasteiger partial charge in [0.05, 0.1) is 22.4 Å². The third-order valence-electron chi connectivity index (χ3n) is 9.72. The van der Waals surface area contributed by atoms with E-state index in [0.29, 0.717) is 11.1 Å². The highest BCUT2D eigenvalue weighted by Gasteiger charge is 2.40. The van der Waals surface area contributed by atoms with Crippen molar-refractivity contribution in [2.75, 3.05) is 4.90 Å². The van der Waals surface area contributed by atoms with Gasteiger partial charge in [0, 0.05) is 50.0 Å². The molecule has 0 radical (unpaired) electrons. The van der Waals surface area contributed by atoms with Gasteiger partial charge in [-0.3, -0.25) is 4.90 Å². The predicted octanol–water partition coefficient (Wildman–Crippen LogP) is 11.2. The van der Waals surface area contributed by atoms with Gasteiger partial charge >= 0.3 is 0 Å². The van der Waals surface area contributed by atoms with Gasteiger partial charge in [0.2, 0.25) is 0 Å². The summed E-state index contributed by atoms with van der Waals surface area (Å²) in [6, 6.07) is 41.0. The highest BCUT2D eigenvalue weighted by molar-refractivity contribution is 7.26. The molecule has 0 saturated carbocycles. The number of nitrogens with zero attached hydrogens (tertiary/aromatic N) is 4. The first kappa shape index (κ1) is 27.9. The Morgan fingerprint density at radius 1 is 0.787 bits per heavy atom. The van der Waals surface area contributed by atoms with Gasteiger partial charge in [0.1, 0.15) is 11.6 Å². The zero-order valence-electron chi connectivity index (χ0n) is 26.3. The van der Waals surface area contributed by atoms with Gasteiger partial charge in [-0.2, -0.15) is 0 Å². The number of anilines is 3. The molecule has 0 fully saturated rings. The van der Waals surface area contributed by atoms with Crippen LogP contribution in [0.5, 0.6) is 0 Å². The molecule has 0 spiro atoms. The normalized spacial score (nSPS) is 14.4. The number of para-hydroxylation sites is 3. The fourth-order valence-electron chi connectivity index (χ4n) is 7.52. The van der Waals surface area contributed by atoms with Gasteiger partial charge in [0.15, 0.2) is 6.17 Å². The second kappa shape index (κ2) is 10.3. The van der Waals surface area contributed by atoms with Crippen LogP contribution < -0.4 is 4.90 Å². The Morgan fingerprint density at radius 2 is 1.57 bits per heavy atom. The van der Waals surface area contributed by atoms with Crippen LogP contribution in [0.4, 0.5) is 21.6 Å². The summed E-state index contributed by atoms with van der Waals surface area (Å²) < 4.78 is 21.7. The fourth-order valence-corrected chi connectivity index (χ4v) is 8.76. The number of benzene rings is 5. The van der Waals surface area contributed by atoms with E-state index in [4.69, 9.17) is 9.97 Å². The van der Waals surface area contributed by atoms with Crippen LogP contribution in [-0.4, -0.2) is 14.5 Å². The summed E-state index contributed by atoms with van der Waals surface area (Å²) in [5, 5.41) is 2.27. The van der Waals surface area contributed by atoms with Crippen LogP contribution in [-0.2, 0) is 12.5 Å². The van der Waals surface area contributed by atoms with Gasteiger partial charge in [-0.05, 0) is 65.2 Å².